The van der Waals surface area contributed by atoms with E-state index in [-0.39, 0.29) is 18.3 Å². The number of aryl methyl sites for hydroxylation is 1. The van der Waals surface area contributed by atoms with Crippen LogP contribution >= 0.6 is 0 Å². The molecule has 0 saturated heterocycles. The lowest BCUT2D eigenvalue weighted by atomic mass is 10.3. The van der Waals surface area contributed by atoms with E-state index in [0.29, 0.717) is 17.2 Å². The average Bonchev–Trinajstić information content (AvgIpc) is 2.92. The first-order chi connectivity index (χ1) is 10.1. The molecule has 0 aliphatic rings. The normalized spacial score (nSPS) is 10.0. The molecule has 1 aromatic heterocycles. The Hall–Kier alpha value is -2.76. The summed E-state index contributed by atoms with van der Waals surface area (Å²) in [6.45, 7) is 1.57. The smallest absolute Gasteiger partial charge is 0.343 e. The standard InChI is InChI=1S/C15H15NO5/c1-10-6-7-13(21-10)15(18)16-11-4-3-5-12(8-11)20-9-14(17)19-2/h3-8H,9H2,1-2H3,(H,16,18). The van der Waals surface area contributed by atoms with Crippen LogP contribution in [0.5, 0.6) is 5.75 Å². The monoisotopic (exact) mass is 289 g/mol. The van der Waals surface area contributed by atoms with Crippen molar-refractivity contribution < 1.29 is 23.5 Å². The van der Waals surface area contributed by atoms with Gasteiger partial charge in [0.1, 0.15) is 11.5 Å². The molecule has 0 atom stereocenters. The maximum absolute atomic E-state index is 11.9. The zero-order valence-electron chi connectivity index (χ0n) is 11.7. The molecule has 2 rings (SSSR count). The second kappa shape index (κ2) is 6.60. The molecule has 0 unspecified atom stereocenters. The summed E-state index contributed by atoms with van der Waals surface area (Å²) in [6, 6.07) is 10.0. The fraction of sp³-hybridized carbons (Fsp3) is 0.200. The van der Waals surface area contributed by atoms with Crippen molar-refractivity contribution in [3.8, 4) is 5.75 Å². The Labute approximate surface area is 121 Å². The summed E-state index contributed by atoms with van der Waals surface area (Å²) in [6.07, 6.45) is 0. The van der Waals surface area contributed by atoms with Gasteiger partial charge >= 0.3 is 5.97 Å². The summed E-state index contributed by atoms with van der Waals surface area (Å²) < 4.78 is 15.0. The summed E-state index contributed by atoms with van der Waals surface area (Å²) in [5.41, 5.74) is 0.538. The summed E-state index contributed by atoms with van der Waals surface area (Å²) >= 11 is 0. The van der Waals surface area contributed by atoms with E-state index in [4.69, 9.17) is 9.15 Å². The Kier molecular flexibility index (Phi) is 4.61. The van der Waals surface area contributed by atoms with Crippen LogP contribution in [0.3, 0.4) is 0 Å². The molecule has 0 saturated carbocycles. The van der Waals surface area contributed by atoms with Crippen molar-refractivity contribution in [1.29, 1.82) is 0 Å². The number of anilines is 1. The van der Waals surface area contributed by atoms with E-state index >= 15 is 0 Å². The van der Waals surface area contributed by atoms with Crippen molar-refractivity contribution in [2.45, 2.75) is 6.92 Å². The highest BCUT2D eigenvalue weighted by molar-refractivity contribution is 6.02. The highest BCUT2D eigenvalue weighted by Crippen LogP contribution is 2.18. The average molecular weight is 289 g/mol. The summed E-state index contributed by atoms with van der Waals surface area (Å²) in [5, 5.41) is 2.68. The fourth-order valence-electron chi connectivity index (χ4n) is 1.61. The zero-order valence-corrected chi connectivity index (χ0v) is 11.7. The van der Waals surface area contributed by atoms with Crippen molar-refractivity contribution in [2.24, 2.45) is 0 Å². The number of furan rings is 1. The van der Waals surface area contributed by atoms with Gasteiger partial charge in [0, 0.05) is 11.8 Å². The van der Waals surface area contributed by atoms with Crippen LogP contribution in [-0.2, 0) is 9.53 Å². The van der Waals surface area contributed by atoms with Gasteiger partial charge in [-0.2, -0.15) is 0 Å². The van der Waals surface area contributed by atoms with E-state index < -0.39 is 5.97 Å². The Morgan fingerprint density at radius 3 is 2.71 bits per heavy atom. The molecule has 1 amide bonds. The van der Waals surface area contributed by atoms with E-state index in [1.165, 1.54) is 7.11 Å². The van der Waals surface area contributed by atoms with Gasteiger partial charge in [0.2, 0.25) is 0 Å². The SMILES string of the molecule is COC(=O)COc1cccc(NC(=O)c2ccc(C)o2)c1. The van der Waals surface area contributed by atoms with Gasteiger partial charge in [0.25, 0.3) is 5.91 Å². The minimum absolute atomic E-state index is 0.189. The third-order valence-corrected chi connectivity index (χ3v) is 2.64. The van der Waals surface area contributed by atoms with Gasteiger partial charge in [-0.3, -0.25) is 4.79 Å². The maximum atomic E-state index is 11.9. The van der Waals surface area contributed by atoms with Crippen molar-refractivity contribution in [1.82, 2.24) is 0 Å². The van der Waals surface area contributed by atoms with Crippen molar-refractivity contribution in [3.63, 3.8) is 0 Å². The number of benzene rings is 1. The summed E-state index contributed by atoms with van der Waals surface area (Å²) in [4.78, 5) is 22.9. The molecule has 1 N–H and O–H groups in total. The number of rotatable bonds is 5. The first kappa shape index (κ1) is 14.6. The second-order valence-corrected chi connectivity index (χ2v) is 4.26. The first-order valence-corrected chi connectivity index (χ1v) is 6.26. The highest BCUT2D eigenvalue weighted by Gasteiger charge is 2.10. The summed E-state index contributed by atoms with van der Waals surface area (Å²) in [5.74, 6) is 0.515. The quantitative estimate of drug-likeness (QED) is 0.855. The number of nitrogens with one attached hydrogen (secondary N) is 1. The number of carbonyl (C=O) groups excluding carboxylic acids is 2. The second-order valence-electron chi connectivity index (χ2n) is 4.26. The molecule has 110 valence electrons. The van der Waals surface area contributed by atoms with Gasteiger partial charge in [0.05, 0.1) is 7.11 Å². The van der Waals surface area contributed by atoms with E-state index in [2.05, 4.69) is 10.1 Å². The van der Waals surface area contributed by atoms with Gasteiger partial charge in [-0.25, -0.2) is 4.79 Å². The topological polar surface area (TPSA) is 77.8 Å². The lowest BCUT2D eigenvalue weighted by Gasteiger charge is -2.07. The number of hydrogen-bond acceptors (Lipinski definition) is 5. The van der Waals surface area contributed by atoms with Crippen molar-refractivity contribution in [3.05, 3.63) is 47.9 Å². The van der Waals surface area contributed by atoms with Crippen LogP contribution < -0.4 is 10.1 Å². The number of amides is 1. The molecule has 0 bridgehead atoms. The number of ether oxygens (including phenoxy) is 2. The number of carbonyl (C=O) groups is 2. The van der Waals surface area contributed by atoms with Crippen LogP contribution in [0.1, 0.15) is 16.3 Å². The van der Waals surface area contributed by atoms with Gasteiger partial charge in [-0.1, -0.05) is 6.07 Å². The maximum Gasteiger partial charge on any atom is 0.343 e. The van der Waals surface area contributed by atoms with Crippen LogP contribution in [0.2, 0.25) is 0 Å². The molecule has 0 fully saturated rings. The Morgan fingerprint density at radius 2 is 2.05 bits per heavy atom. The van der Waals surface area contributed by atoms with Crippen LogP contribution in [-0.4, -0.2) is 25.6 Å². The molecule has 0 aliphatic carbocycles. The van der Waals surface area contributed by atoms with Crippen molar-refractivity contribution in [2.75, 3.05) is 19.0 Å². The lowest BCUT2D eigenvalue weighted by molar-refractivity contribution is -0.142. The molecule has 1 aromatic carbocycles. The van der Waals surface area contributed by atoms with Gasteiger partial charge in [0.15, 0.2) is 12.4 Å². The van der Waals surface area contributed by atoms with Gasteiger partial charge < -0.3 is 19.2 Å². The Bertz CT molecular complexity index is 647. The third-order valence-electron chi connectivity index (χ3n) is 2.64. The van der Waals surface area contributed by atoms with Crippen LogP contribution in [0.25, 0.3) is 0 Å². The predicted octanol–water partition coefficient (Wildman–Crippen LogP) is 2.39. The molecule has 21 heavy (non-hydrogen) atoms. The predicted molar refractivity (Wildman–Crippen MR) is 75.4 cm³/mol. The summed E-state index contributed by atoms with van der Waals surface area (Å²) in [7, 11) is 1.29. The highest BCUT2D eigenvalue weighted by atomic mass is 16.6. The molecular weight excluding hydrogens is 274 g/mol. The molecular formula is C15H15NO5. The van der Waals surface area contributed by atoms with Gasteiger partial charge in [-0.05, 0) is 31.2 Å². The Morgan fingerprint density at radius 1 is 1.24 bits per heavy atom. The lowest BCUT2D eigenvalue weighted by Crippen LogP contribution is -2.13. The Balaban J connectivity index is 2.00. The van der Waals surface area contributed by atoms with Crippen LogP contribution in [0.4, 0.5) is 5.69 Å². The molecule has 1 heterocycles. The fourth-order valence-corrected chi connectivity index (χ4v) is 1.61. The molecule has 6 heteroatoms. The minimum atomic E-state index is -0.476. The van der Waals surface area contributed by atoms with Gasteiger partial charge in [-0.15, -0.1) is 0 Å². The third kappa shape index (κ3) is 4.10. The van der Waals surface area contributed by atoms with Crippen molar-refractivity contribution >= 4 is 17.6 Å². The van der Waals surface area contributed by atoms with E-state index in [1.807, 2.05) is 0 Å². The molecule has 2 aromatic rings. The molecule has 0 aliphatic heterocycles. The molecule has 0 spiro atoms. The minimum Gasteiger partial charge on any atom is -0.482 e. The largest absolute Gasteiger partial charge is 0.482 e. The van der Waals surface area contributed by atoms with E-state index in [0.717, 1.165) is 0 Å². The number of hydrogen-bond donors (Lipinski definition) is 1. The van der Waals surface area contributed by atoms with E-state index in [9.17, 15) is 9.59 Å². The van der Waals surface area contributed by atoms with Crippen LogP contribution in [0, 0.1) is 6.92 Å². The first-order valence-electron chi connectivity index (χ1n) is 6.26. The van der Waals surface area contributed by atoms with E-state index in [1.54, 1.807) is 43.3 Å². The zero-order chi connectivity index (χ0) is 15.2. The number of esters is 1. The molecule has 0 radical (unpaired) electrons. The van der Waals surface area contributed by atoms with Crippen LogP contribution in [0.15, 0.2) is 40.8 Å². The molecule has 6 nitrogen and oxygen atoms in total. The number of methoxy groups -OCH3 is 1.